The number of methoxy groups -OCH3 is 1. The van der Waals surface area contributed by atoms with Crippen molar-refractivity contribution in [3.05, 3.63) is 10.8 Å². The van der Waals surface area contributed by atoms with E-state index in [4.69, 9.17) is 4.74 Å². The molecule has 1 fully saturated rings. The molecule has 2 aromatic rings. The van der Waals surface area contributed by atoms with Crippen molar-refractivity contribution in [2.75, 3.05) is 25.2 Å². The van der Waals surface area contributed by atoms with Crippen molar-refractivity contribution in [3.8, 4) is 0 Å². The number of thioether (sulfide) groups is 1. The summed E-state index contributed by atoms with van der Waals surface area (Å²) in [6, 6.07) is 0.343. The van der Waals surface area contributed by atoms with Crippen molar-refractivity contribution >= 4 is 28.1 Å². The second-order valence-electron chi connectivity index (χ2n) is 3.77. The summed E-state index contributed by atoms with van der Waals surface area (Å²) in [5.41, 5.74) is 0. The number of nitrogens with one attached hydrogen (secondary N) is 1. The van der Waals surface area contributed by atoms with Crippen LogP contribution in [0, 0.1) is 0 Å². The highest BCUT2D eigenvalue weighted by atomic mass is 32.2. The molecule has 3 heterocycles. The van der Waals surface area contributed by atoms with E-state index in [9.17, 15) is 0 Å². The van der Waals surface area contributed by atoms with Crippen molar-refractivity contribution in [2.45, 2.75) is 12.6 Å². The number of fused-ring (bicyclic) bond motifs is 1. The van der Waals surface area contributed by atoms with E-state index in [2.05, 4.69) is 20.6 Å². The highest BCUT2D eigenvalue weighted by Crippen LogP contribution is 2.25. The summed E-state index contributed by atoms with van der Waals surface area (Å²) in [6.45, 7) is 1.48. The SMILES string of the molecule is COCc1nnc2sc(C3CSCCN3)nn12. The molecule has 1 aliphatic rings. The van der Waals surface area contributed by atoms with Gasteiger partial charge in [-0.1, -0.05) is 11.3 Å². The Morgan fingerprint density at radius 1 is 1.53 bits per heavy atom. The molecule has 1 unspecified atom stereocenters. The summed E-state index contributed by atoms with van der Waals surface area (Å²) in [6.07, 6.45) is 0. The first-order valence-corrected chi connectivity index (χ1v) is 7.36. The van der Waals surface area contributed by atoms with E-state index in [1.807, 2.05) is 11.8 Å². The van der Waals surface area contributed by atoms with Gasteiger partial charge in [-0.15, -0.1) is 10.2 Å². The predicted molar refractivity (Wildman–Crippen MR) is 67.4 cm³/mol. The maximum atomic E-state index is 5.07. The number of ether oxygens (including phenoxy) is 1. The monoisotopic (exact) mass is 271 g/mol. The molecule has 0 radical (unpaired) electrons. The Morgan fingerprint density at radius 2 is 2.47 bits per heavy atom. The zero-order valence-corrected chi connectivity index (χ0v) is 11.1. The van der Waals surface area contributed by atoms with Gasteiger partial charge in [0.2, 0.25) is 4.96 Å². The zero-order valence-electron chi connectivity index (χ0n) is 9.42. The summed E-state index contributed by atoms with van der Waals surface area (Å²) in [7, 11) is 1.65. The number of hydrogen-bond acceptors (Lipinski definition) is 7. The number of hydrogen-bond donors (Lipinski definition) is 1. The summed E-state index contributed by atoms with van der Waals surface area (Å²) in [5, 5.41) is 17.3. The number of aromatic nitrogens is 4. The van der Waals surface area contributed by atoms with E-state index >= 15 is 0 Å². The molecule has 6 nitrogen and oxygen atoms in total. The van der Waals surface area contributed by atoms with E-state index in [-0.39, 0.29) is 0 Å². The molecule has 0 bridgehead atoms. The Morgan fingerprint density at radius 3 is 3.24 bits per heavy atom. The summed E-state index contributed by atoms with van der Waals surface area (Å²) >= 11 is 3.56. The van der Waals surface area contributed by atoms with E-state index in [1.54, 1.807) is 23.0 Å². The molecule has 0 aromatic carbocycles. The summed E-state index contributed by atoms with van der Waals surface area (Å²) in [5.74, 6) is 3.01. The second kappa shape index (κ2) is 4.89. The standard InChI is InChI=1S/C9H13N5OS2/c1-15-4-7-11-12-9-14(7)13-8(17-9)6-5-16-3-2-10-6/h6,10H,2-5H2,1H3. The van der Waals surface area contributed by atoms with Gasteiger partial charge in [0.25, 0.3) is 0 Å². The lowest BCUT2D eigenvalue weighted by Gasteiger charge is -2.20. The van der Waals surface area contributed by atoms with E-state index in [1.165, 1.54) is 5.75 Å². The molecule has 1 N–H and O–H groups in total. The lowest BCUT2D eigenvalue weighted by molar-refractivity contribution is 0.176. The summed E-state index contributed by atoms with van der Waals surface area (Å²) < 4.78 is 6.85. The van der Waals surface area contributed by atoms with Crippen LogP contribution < -0.4 is 5.32 Å². The highest BCUT2D eigenvalue weighted by Gasteiger charge is 2.21. The fourth-order valence-corrected chi connectivity index (χ4v) is 3.73. The maximum absolute atomic E-state index is 5.07. The Labute approximate surface area is 107 Å². The van der Waals surface area contributed by atoms with Crippen LogP contribution in [0.5, 0.6) is 0 Å². The molecule has 1 atom stereocenters. The Balaban J connectivity index is 1.90. The van der Waals surface area contributed by atoms with Crippen LogP contribution >= 0.6 is 23.1 Å². The smallest absolute Gasteiger partial charge is 0.234 e. The van der Waals surface area contributed by atoms with Crippen LogP contribution in [-0.4, -0.2) is 45.0 Å². The van der Waals surface area contributed by atoms with Crippen molar-refractivity contribution in [3.63, 3.8) is 0 Å². The fourth-order valence-electron chi connectivity index (χ4n) is 1.76. The van der Waals surface area contributed by atoms with Crippen LogP contribution in [0.4, 0.5) is 0 Å². The molecule has 0 aliphatic carbocycles. The Bertz CT molecular complexity index is 504. The van der Waals surface area contributed by atoms with Crippen LogP contribution in [0.1, 0.15) is 16.9 Å². The largest absolute Gasteiger partial charge is 0.377 e. The van der Waals surface area contributed by atoms with Gasteiger partial charge in [0.1, 0.15) is 11.6 Å². The van der Waals surface area contributed by atoms with Crippen molar-refractivity contribution < 1.29 is 4.74 Å². The number of nitrogens with zero attached hydrogens (tertiary/aromatic N) is 4. The van der Waals surface area contributed by atoms with Crippen molar-refractivity contribution in [1.29, 1.82) is 0 Å². The number of rotatable bonds is 3. The molecule has 0 amide bonds. The van der Waals surface area contributed by atoms with Crippen LogP contribution in [0.25, 0.3) is 4.96 Å². The third-order valence-electron chi connectivity index (χ3n) is 2.56. The molecular formula is C9H13N5OS2. The first kappa shape index (κ1) is 11.4. The molecule has 8 heteroatoms. The van der Waals surface area contributed by atoms with Crippen molar-refractivity contribution in [1.82, 2.24) is 25.1 Å². The normalized spacial score (nSPS) is 21.1. The van der Waals surface area contributed by atoms with E-state index < -0.39 is 0 Å². The molecule has 3 rings (SSSR count). The van der Waals surface area contributed by atoms with Gasteiger partial charge in [0.05, 0.1) is 6.04 Å². The van der Waals surface area contributed by atoms with E-state index in [0.717, 1.165) is 28.1 Å². The maximum Gasteiger partial charge on any atom is 0.234 e. The van der Waals surface area contributed by atoms with Gasteiger partial charge in [-0.3, -0.25) is 0 Å². The fraction of sp³-hybridized carbons (Fsp3) is 0.667. The first-order valence-electron chi connectivity index (χ1n) is 5.39. The zero-order chi connectivity index (χ0) is 11.7. The third kappa shape index (κ3) is 2.17. The lowest BCUT2D eigenvalue weighted by Crippen LogP contribution is -2.30. The topological polar surface area (TPSA) is 64.3 Å². The quantitative estimate of drug-likeness (QED) is 0.887. The molecule has 1 aliphatic heterocycles. The van der Waals surface area contributed by atoms with Gasteiger partial charge in [-0.05, 0) is 0 Å². The van der Waals surface area contributed by atoms with Gasteiger partial charge in [0.15, 0.2) is 5.82 Å². The molecule has 0 spiro atoms. The van der Waals surface area contributed by atoms with Gasteiger partial charge < -0.3 is 10.1 Å². The Kier molecular flexibility index (Phi) is 3.28. The minimum absolute atomic E-state index is 0.343. The first-order chi connectivity index (χ1) is 8.38. The average Bonchev–Trinajstić information content (AvgIpc) is 2.93. The van der Waals surface area contributed by atoms with Crippen molar-refractivity contribution in [2.24, 2.45) is 0 Å². The van der Waals surface area contributed by atoms with Crippen LogP contribution in [0.15, 0.2) is 0 Å². The lowest BCUT2D eigenvalue weighted by atomic mass is 10.3. The van der Waals surface area contributed by atoms with E-state index in [0.29, 0.717) is 12.6 Å². The molecule has 1 saturated heterocycles. The van der Waals surface area contributed by atoms with Crippen LogP contribution in [-0.2, 0) is 11.3 Å². The van der Waals surface area contributed by atoms with Gasteiger partial charge in [0, 0.05) is 25.2 Å². The van der Waals surface area contributed by atoms with Gasteiger partial charge in [-0.2, -0.15) is 21.4 Å². The molecule has 92 valence electrons. The average molecular weight is 271 g/mol. The second-order valence-corrected chi connectivity index (χ2v) is 5.90. The molecular weight excluding hydrogens is 258 g/mol. The minimum atomic E-state index is 0.343. The van der Waals surface area contributed by atoms with Crippen LogP contribution in [0.2, 0.25) is 0 Å². The molecule has 17 heavy (non-hydrogen) atoms. The van der Waals surface area contributed by atoms with Crippen LogP contribution in [0.3, 0.4) is 0 Å². The summed E-state index contributed by atoms with van der Waals surface area (Å²) in [4.78, 5) is 0.837. The predicted octanol–water partition coefficient (Wildman–Crippen LogP) is 0.710. The highest BCUT2D eigenvalue weighted by molar-refractivity contribution is 7.99. The molecule has 0 saturated carbocycles. The third-order valence-corrected chi connectivity index (χ3v) is 4.64. The van der Waals surface area contributed by atoms with Gasteiger partial charge in [-0.25, -0.2) is 0 Å². The van der Waals surface area contributed by atoms with Gasteiger partial charge >= 0.3 is 0 Å². The minimum Gasteiger partial charge on any atom is -0.377 e. The Hall–Kier alpha value is -0.700. The molecule has 2 aromatic heterocycles.